The summed E-state index contributed by atoms with van der Waals surface area (Å²) >= 11 is 0. The van der Waals surface area contributed by atoms with Crippen LogP contribution in [-0.2, 0) is 6.54 Å². The van der Waals surface area contributed by atoms with Gasteiger partial charge in [0.2, 0.25) is 0 Å². The van der Waals surface area contributed by atoms with Gasteiger partial charge in [-0.25, -0.2) is 4.98 Å². The van der Waals surface area contributed by atoms with Gasteiger partial charge in [-0.1, -0.05) is 6.07 Å². The molecule has 108 valence electrons. The van der Waals surface area contributed by atoms with Gasteiger partial charge < -0.3 is 14.9 Å². The summed E-state index contributed by atoms with van der Waals surface area (Å²) < 4.78 is 7.71. The van der Waals surface area contributed by atoms with Crippen LogP contribution in [0.3, 0.4) is 0 Å². The van der Waals surface area contributed by atoms with Crippen LogP contribution in [0.25, 0.3) is 16.9 Å². The molecule has 2 aromatic heterocycles. The van der Waals surface area contributed by atoms with E-state index in [1.165, 1.54) is 0 Å². The summed E-state index contributed by atoms with van der Waals surface area (Å²) in [4.78, 5) is 4.69. The molecule has 0 spiro atoms. The van der Waals surface area contributed by atoms with Gasteiger partial charge in [0.15, 0.2) is 0 Å². The highest BCUT2D eigenvalue weighted by molar-refractivity contribution is 5.67. The number of rotatable bonds is 4. The van der Waals surface area contributed by atoms with E-state index in [-0.39, 0.29) is 6.10 Å². The lowest BCUT2D eigenvalue weighted by atomic mass is 10.1. The molecule has 3 rings (SSSR count). The van der Waals surface area contributed by atoms with Crippen LogP contribution in [0.1, 0.15) is 19.5 Å². The number of fused-ring (bicyclic) bond motifs is 1. The summed E-state index contributed by atoms with van der Waals surface area (Å²) in [5, 5.41) is 0. The zero-order chi connectivity index (χ0) is 14.8. The van der Waals surface area contributed by atoms with Crippen LogP contribution in [0.2, 0.25) is 0 Å². The Balaban J connectivity index is 2.03. The molecule has 0 atom stereocenters. The SMILES string of the molecule is CC(C)Oc1ccc(-c2nc3ccccn3c2CN)cc1. The van der Waals surface area contributed by atoms with Crippen LogP contribution in [0.5, 0.6) is 5.75 Å². The van der Waals surface area contributed by atoms with Crippen molar-refractivity contribution in [3.05, 3.63) is 54.4 Å². The van der Waals surface area contributed by atoms with E-state index in [0.717, 1.165) is 28.3 Å². The Labute approximate surface area is 124 Å². The Kier molecular flexibility index (Phi) is 3.62. The monoisotopic (exact) mass is 281 g/mol. The molecule has 0 aliphatic heterocycles. The summed E-state index contributed by atoms with van der Waals surface area (Å²) in [6, 6.07) is 13.9. The third-order valence-electron chi connectivity index (χ3n) is 3.32. The van der Waals surface area contributed by atoms with Crippen molar-refractivity contribution >= 4 is 5.65 Å². The van der Waals surface area contributed by atoms with Crippen molar-refractivity contribution in [2.24, 2.45) is 5.73 Å². The molecule has 4 nitrogen and oxygen atoms in total. The van der Waals surface area contributed by atoms with E-state index in [2.05, 4.69) is 4.98 Å². The van der Waals surface area contributed by atoms with Gasteiger partial charge >= 0.3 is 0 Å². The highest BCUT2D eigenvalue weighted by Crippen LogP contribution is 2.26. The molecule has 2 N–H and O–H groups in total. The summed E-state index contributed by atoms with van der Waals surface area (Å²) in [6.07, 6.45) is 2.16. The third-order valence-corrected chi connectivity index (χ3v) is 3.32. The number of hydrogen-bond acceptors (Lipinski definition) is 3. The van der Waals surface area contributed by atoms with Gasteiger partial charge in [-0.2, -0.15) is 0 Å². The average Bonchev–Trinajstić information content (AvgIpc) is 2.86. The molecule has 0 saturated carbocycles. The van der Waals surface area contributed by atoms with E-state index >= 15 is 0 Å². The lowest BCUT2D eigenvalue weighted by molar-refractivity contribution is 0.242. The fraction of sp³-hybridized carbons (Fsp3) is 0.235. The second kappa shape index (κ2) is 5.58. The molecule has 0 aliphatic rings. The summed E-state index contributed by atoms with van der Waals surface area (Å²) in [7, 11) is 0. The highest BCUT2D eigenvalue weighted by atomic mass is 16.5. The van der Waals surface area contributed by atoms with Gasteiger partial charge in [0.05, 0.1) is 17.5 Å². The van der Waals surface area contributed by atoms with E-state index in [0.29, 0.717) is 6.54 Å². The molecule has 0 bridgehead atoms. The van der Waals surface area contributed by atoms with Crippen molar-refractivity contribution < 1.29 is 4.74 Å². The first-order chi connectivity index (χ1) is 10.2. The Morgan fingerprint density at radius 2 is 1.90 bits per heavy atom. The van der Waals surface area contributed by atoms with Crippen molar-refractivity contribution in [1.29, 1.82) is 0 Å². The standard InChI is InChI=1S/C17H19N3O/c1-12(2)21-14-8-6-13(7-9-14)17-15(11-18)20-10-4-3-5-16(20)19-17/h3-10,12H,11,18H2,1-2H3. The number of imidazole rings is 1. The predicted molar refractivity (Wildman–Crippen MR) is 84.3 cm³/mol. The van der Waals surface area contributed by atoms with E-state index in [9.17, 15) is 0 Å². The van der Waals surface area contributed by atoms with Crippen molar-refractivity contribution in [2.45, 2.75) is 26.5 Å². The smallest absolute Gasteiger partial charge is 0.137 e. The maximum atomic E-state index is 5.91. The summed E-state index contributed by atoms with van der Waals surface area (Å²) in [6.45, 7) is 4.48. The second-order valence-electron chi connectivity index (χ2n) is 5.23. The van der Waals surface area contributed by atoms with Crippen LogP contribution in [0, 0.1) is 0 Å². The second-order valence-corrected chi connectivity index (χ2v) is 5.23. The quantitative estimate of drug-likeness (QED) is 0.798. The van der Waals surface area contributed by atoms with Crippen LogP contribution in [0.4, 0.5) is 0 Å². The normalized spacial score (nSPS) is 11.2. The molecule has 0 radical (unpaired) electrons. The van der Waals surface area contributed by atoms with Gasteiger partial charge in [-0.15, -0.1) is 0 Å². The maximum Gasteiger partial charge on any atom is 0.137 e. The fourth-order valence-corrected chi connectivity index (χ4v) is 2.44. The van der Waals surface area contributed by atoms with E-state index in [1.54, 1.807) is 0 Å². The van der Waals surface area contributed by atoms with Crippen LogP contribution < -0.4 is 10.5 Å². The minimum Gasteiger partial charge on any atom is -0.491 e. The van der Waals surface area contributed by atoms with Gasteiger partial charge in [-0.3, -0.25) is 0 Å². The molecule has 3 aromatic rings. The lowest BCUT2D eigenvalue weighted by Crippen LogP contribution is -2.05. The minimum absolute atomic E-state index is 0.172. The van der Waals surface area contributed by atoms with Crippen LogP contribution >= 0.6 is 0 Å². The number of benzene rings is 1. The zero-order valence-corrected chi connectivity index (χ0v) is 12.3. The third kappa shape index (κ3) is 2.62. The first kappa shape index (κ1) is 13.6. The lowest BCUT2D eigenvalue weighted by Gasteiger charge is -2.10. The number of nitrogens with two attached hydrogens (primary N) is 1. The Morgan fingerprint density at radius 1 is 1.14 bits per heavy atom. The number of ether oxygens (including phenoxy) is 1. The molecular formula is C17H19N3O. The van der Waals surface area contributed by atoms with Crippen molar-refractivity contribution in [2.75, 3.05) is 0 Å². The fourth-order valence-electron chi connectivity index (χ4n) is 2.44. The highest BCUT2D eigenvalue weighted by Gasteiger charge is 2.12. The molecule has 0 amide bonds. The molecule has 0 unspecified atom stereocenters. The molecule has 21 heavy (non-hydrogen) atoms. The predicted octanol–water partition coefficient (Wildman–Crippen LogP) is 3.25. The molecule has 0 fully saturated rings. The number of pyridine rings is 1. The summed E-state index contributed by atoms with van der Waals surface area (Å²) in [5.74, 6) is 0.867. The largest absolute Gasteiger partial charge is 0.491 e. The molecular weight excluding hydrogens is 262 g/mol. The first-order valence-corrected chi connectivity index (χ1v) is 7.12. The molecule has 0 saturated heterocycles. The zero-order valence-electron chi connectivity index (χ0n) is 12.3. The number of aromatic nitrogens is 2. The van der Waals surface area contributed by atoms with Crippen molar-refractivity contribution in [3.8, 4) is 17.0 Å². The molecule has 4 heteroatoms. The number of nitrogens with zero attached hydrogens (tertiary/aromatic N) is 2. The van der Waals surface area contributed by atoms with Gasteiger partial charge in [0.1, 0.15) is 11.4 Å². The van der Waals surface area contributed by atoms with Gasteiger partial charge in [-0.05, 0) is 50.2 Å². The molecule has 0 aliphatic carbocycles. The van der Waals surface area contributed by atoms with E-state index in [4.69, 9.17) is 10.5 Å². The van der Waals surface area contributed by atoms with E-state index < -0.39 is 0 Å². The molecule has 2 heterocycles. The Morgan fingerprint density at radius 3 is 2.57 bits per heavy atom. The number of hydrogen-bond donors (Lipinski definition) is 1. The minimum atomic E-state index is 0.172. The van der Waals surface area contributed by atoms with Gasteiger partial charge in [0.25, 0.3) is 0 Å². The van der Waals surface area contributed by atoms with Crippen LogP contribution in [-0.4, -0.2) is 15.5 Å². The summed E-state index contributed by atoms with van der Waals surface area (Å²) in [5.41, 5.74) is 9.82. The van der Waals surface area contributed by atoms with Crippen molar-refractivity contribution in [3.63, 3.8) is 0 Å². The van der Waals surface area contributed by atoms with Gasteiger partial charge in [0, 0.05) is 18.3 Å². The van der Waals surface area contributed by atoms with Crippen LogP contribution in [0.15, 0.2) is 48.7 Å². The van der Waals surface area contributed by atoms with Crippen molar-refractivity contribution in [1.82, 2.24) is 9.38 Å². The molecule has 1 aromatic carbocycles. The average molecular weight is 281 g/mol. The first-order valence-electron chi connectivity index (χ1n) is 7.12. The maximum absolute atomic E-state index is 5.91. The topological polar surface area (TPSA) is 52.5 Å². The Bertz CT molecular complexity index is 744. The van der Waals surface area contributed by atoms with E-state index in [1.807, 2.05) is 66.9 Å². The Hall–Kier alpha value is -2.33.